The Labute approximate surface area is 186 Å². The van der Waals surface area contributed by atoms with Crippen LogP contribution < -0.4 is 20.9 Å². The number of hydrazine groups is 1. The Balaban J connectivity index is 1.46. The van der Waals surface area contributed by atoms with E-state index in [-0.39, 0.29) is 11.8 Å². The molecule has 1 aromatic carbocycles. The number of benzene rings is 1. The molecule has 8 heteroatoms. The molecule has 1 aliphatic rings. The second kappa shape index (κ2) is 10.9. The minimum absolute atomic E-state index is 0.00473. The van der Waals surface area contributed by atoms with Gasteiger partial charge in [-0.05, 0) is 62.1 Å². The number of nitrogens with one attached hydrogen (secondary N) is 3. The number of hydrogen-bond acceptors (Lipinski definition) is 5. The van der Waals surface area contributed by atoms with Gasteiger partial charge in [-0.2, -0.15) is 0 Å². The maximum absolute atomic E-state index is 12.4. The van der Waals surface area contributed by atoms with Crippen molar-refractivity contribution >= 4 is 34.1 Å². The molecule has 7 nitrogen and oxygen atoms in total. The number of anilines is 1. The van der Waals surface area contributed by atoms with Gasteiger partial charge in [0.25, 0.3) is 11.8 Å². The lowest BCUT2D eigenvalue weighted by Crippen LogP contribution is -2.41. The van der Waals surface area contributed by atoms with Crippen LogP contribution in [0.15, 0.2) is 30.3 Å². The highest BCUT2D eigenvalue weighted by Gasteiger charge is 2.30. The molecule has 1 heterocycles. The van der Waals surface area contributed by atoms with Gasteiger partial charge in [0.1, 0.15) is 5.75 Å². The predicted octanol–water partition coefficient (Wildman–Crippen LogP) is 4.44. The monoisotopic (exact) mass is 443 g/mol. The molecule has 0 radical (unpaired) electrons. The highest BCUT2D eigenvalue weighted by molar-refractivity contribution is 7.18. The molecule has 0 aliphatic heterocycles. The Hall–Kier alpha value is -2.87. The maximum Gasteiger partial charge on any atom is 0.280 e. The lowest BCUT2D eigenvalue weighted by molar-refractivity contribution is -0.117. The van der Waals surface area contributed by atoms with Crippen molar-refractivity contribution in [2.75, 3.05) is 11.9 Å². The summed E-state index contributed by atoms with van der Waals surface area (Å²) < 4.78 is 5.67. The predicted molar refractivity (Wildman–Crippen MR) is 121 cm³/mol. The summed E-state index contributed by atoms with van der Waals surface area (Å²) in [6.07, 6.45) is 6.38. The lowest BCUT2D eigenvalue weighted by Gasteiger charge is -2.09. The topological polar surface area (TPSA) is 96.5 Å². The quantitative estimate of drug-likeness (QED) is 0.374. The molecular weight excluding hydrogens is 414 g/mol. The zero-order valence-electron chi connectivity index (χ0n) is 18.0. The Bertz CT molecular complexity index is 919. The Morgan fingerprint density at radius 2 is 1.74 bits per heavy atom. The van der Waals surface area contributed by atoms with Crippen LogP contribution in [0.3, 0.4) is 0 Å². The van der Waals surface area contributed by atoms with Gasteiger partial charge in [-0.3, -0.25) is 25.2 Å². The van der Waals surface area contributed by atoms with Gasteiger partial charge in [0.2, 0.25) is 5.91 Å². The third-order valence-corrected chi connectivity index (χ3v) is 6.14. The molecule has 3 N–H and O–H groups in total. The van der Waals surface area contributed by atoms with Crippen molar-refractivity contribution in [3.63, 3.8) is 0 Å². The van der Waals surface area contributed by atoms with E-state index < -0.39 is 11.8 Å². The minimum atomic E-state index is -0.421. The molecule has 166 valence electrons. The number of carbonyl (C=O) groups is 3. The summed E-state index contributed by atoms with van der Waals surface area (Å²) >= 11 is 1.19. The fourth-order valence-corrected chi connectivity index (χ4v) is 3.97. The van der Waals surface area contributed by atoms with Crippen LogP contribution in [0, 0.1) is 12.8 Å². The van der Waals surface area contributed by atoms with Crippen LogP contribution in [0.25, 0.3) is 0 Å². The Kier molecular flexibility index (Phi) is 8.06. The molecule has 0 unspecified atom stereocenters. The van der Waals surface area contributed by atoms with Crippen molar-refractivity contribution in [3.8, 4) is 5.75 Å². The van der Waals surface area contributed by atoms with Crippen LogP contribution in [-0.2, 0) is 4.79 Å². The van der Waals surface area contributed by atoms with E-state index in [1.165, 1.54) is 24.2 Å². The number of ether oxygens (including phenoxy) is 1. The number of carbonyl (C=O) groups excluding carboxylic acids is 3. The number of unbranched alkanes of at least 4 members (excludes halogenated alkanes) is 3. The van der Waals surface area contributed by atoms with E-state index in [1.807, 2.05) is 0 Å². The zero-order chi connectivity index (χ0) is 22.2. The van der Waals surface area contributed by atoms with Crippen molar-refractivity contribution in [1.82, 2.24) is 10.9 Å². The van der Waals surface area contributed by atoms with E-state index in [2.05, 4.69) is 23.1 Å². The standard InChI is InChI=1S/C23H29N3O4S/c1-3-4-5-6-13-30-18-11-9-17(10-12-18)22(28)25-26-23(29)20-15(2)14-19(31-20)24-21(27)16-7-8-16/h9-12,14,16H,3-8,13H2,1-2H3,(H,24,27)(H,25,28)(H,26,29). The summed E-state index contributed by atoms with van der Waals surface area (Å²) in [5, 5.41) is 3.48. The van der Waals surface area contributed by atoms with E-state index in [4.69, 9.17) is 4.74 Å². The van der Waals surface area contributed by atoms with Gasteiger partial charge in [-0.1, -0.05) is 26.2 Å². The van der Waals surface area contributed by atoms with E-state index in [1.54, 1.807) is 37.3 Å². The first-order valence-electron chi connectivity index (χ1n) is 10.7. The molecule has 3 rings (SSSR count). The highest BCUT2D eigenvalue weighted by Crippen LogP contribution is 2.32. The first kappa shape index (κ1) is 22.8. The van der Waals surface area contributed by atoms with Crippen LogP contribution in [0.4, 0.5) is 5.00 Å². The largest absolute Gasteiger partial charge is 0.494 e. The van der Waals surface area contributed by atoms with Crippen molar-refractivity contribution in [3.05, 3.63) is 46.3 Å². The van der Waals surface area contributed by atoms with Gasteiger partial charge in [0.15, 0.2) is 0 Å². The van der Waals surface area contributed by atoms with Crippen molar-refractivity contribution in [2.24, 2.45) is 5.92 Å². The summed E-state index contributed by atoms with van der Waals surface area (Å²) in [5.41, 5.74) is 6.02. The van der Waals surface area contributed by atoms with Gasteiger partial charge in [0.05, 0.1) is 16.5 Å². The maximum atomic E-state index is 12.4. The Morgan fingerprint density at radius 3 is 2.42 bits per heavy atom. The van der Waals surface area contributed by atoms with Gasteiger partial charge in [0, 0.05) is 11.5 Å². The molecule has 0 spiro atoms. The van der Waals surface area contributed by atoms with Crippen molar-refractivity contribution in [2.45, 2.75) is 52.4 Å². The zero-order valence-corrected chi connectivity index (χ0v) is 18.8. The van der Waals surface area contributed by atoms with E-state index in [0.717, 1.165) is 31.2 Å². The average molecular weight is 444 g/mol. The SMILES string of the molecule is CCCCCCOc1ccc(C(=O)NNC(=O)c2sc(NC(=O)C3CC3)cc2C)cc1. The average Bonchev–Trinajstić information content (AvgIpc) is 3.55. The van der Waals surface area contributed by atoms with E-state index in [9.17, 15) is 14.4 Å². The molecule has 0 bridgehead atoms. The van der Waals surface area contributed by atoms with Gasteiger partial charge >= 0.3 is 0 Å². The third kappa shape index (κ3) is 6.82. The molecule has 2 aromatic rings. The van der Waals surface area contributed by atoms with Crippen LogP contribution >= 0.6 is 11.3 Å². The summed E-state index contributed by atoms with van der Waals surface area (Å²) in [4.78, 5) is 37.1. The summed E-state index contributed by atoms with van der Waals surface area (Å²) in [5.74, 6) is -0.0344. The van der Waals surface area contributed by atoms with Crippen LogP contribution in [0.2, 0.25) is 0 Å². The number of rotatable bonds is 10. The molecule has 1 aromatic heterocycles. The molecule has 0 saturated heterocycles. The van der Waals surface area contributed by atoms with E-state index in [0.29, 0.717) is 27.8 Å². The summed E-state index contributed by atoms with van der Waals surface area (Å²) in [6.45, 7) is 4.62. The number of hydrogen-bond donors (Lipinski definition) is 3. The van der Waals surface area contributed by atoms with Crippen LogP contribution in [0.1, 0.15) is 71.0 Å². The second-order valence-electron chi connectivity index (χ2n) is 7.73. The Morgan fingerprint density at radius 1 is 1.03 bits per heavy atom. The summed E-state index contributed by atoms with van der Waals surface area (Å²) in [6, 6.07) is 8.57. The molecule has 1 aliphatic carbocycles. The molecule has 3 amide bonds. The highest BCUT2D eigenvalue weighted by atomic mass is 32.1. The number of aryl methyl sites for hydroxylation is 1. The lowest BCUT2D eigenvalue weighted by atomic mass is 10.2. The fraction of sp³-hybridized carbons (Fsp3) is 0.435. The van der Waals surface area contributed by atoms with Crippen molar-refractivity contribution < 1.29 is 19.1 Å². The second-order valence-corrected chi connectivity index (χ2v) is 8.78. The fourth-order valence-electron chi connectivity index (χ4n) is 3.00. The first-order chi connectivity index (χ1) is 15.0. The number of thiophene rings is 1. The molecule has 1 saturated carbocycles. The molecular formula is C23H29N3O4S. The molecule has 1 fully saturated rings. The molecule has 31 heavy (non-hydrogen) atoms. The first-order valence-corrected chi connectivity index (χ1v) is 11.5. The van der Waals surface area contributed by atoms with Gasteiger partial charge < -0.3 is 10.1 Å². The van der Waals surface area contributed by atoms with Gasteiger partial charge in [-0.15, -0.1) is 11.3 Å². The van der Waals surface area contributed by atoms with E-state index >= 15 is 0 Å². The molecule has 0 atom stereocenters. The summed E-state index contributed by atoms with van der Waals surface area (Å²) in [7, 11) is 0. The van der Waals surface area contributed by atoms with Gasteiger partial charge in [-0.25, -0.2) is 0 Å². The van der Waals surface area contributed by atoms with Crippen LogP contribution in [0.5, 0.6) is 5.75 Å². The normalized spacial score (nSPS) is 12.8. The number of amides is 3. The minimum Gasteiger partial charge on any atom is -0.494 e. The third-order valence-electron chi connectivity index (χ3n) is 4.99. The smallest absolute Gasteiger partial charge is 0.280 e. The van der Waals surface area contributed by atoms with Crippen LogP contribution in [-0.4, -0.2) is 24.3 Å². The van der Waals surface area contributed by atoms with Crippen molar-refractivity contribution in [1.29, 1.82) is 0 Å².